The van der Waals surface area contributed by atoms with Gasteiger partial charge in [0, 0.05) is 6.04 Å². The van der Waals surface area contributed by atoms with Crippen molar-refractivity contribution in [2.24, 2.45) is 17.8 Å². The third-order valence-corrected chi connectivity index (χ3v) is 9.09. The van der Waals surface area contributed by atoms with Gasteiger partial charge in [0.1, 0.15) is 0 Å². The fraction of sp³-hybridized carbons (Fsp3) is 0.481. The van der Waals surface area contributed by atoms with Crippen LogP contribution in [0.15, 0.2) is 41.3 Å². The second kappa shape index (κ2) is 10.0. The van der Waals surface area contributed by atoms with Crippen LogP contribution in [0.25, 0.3) is 0 Å². The molecule has 2 aliphatic rings. The molecule has 2 aromatic rings. The molecule has 2 aliphatic carbocycles. The highest BCUT2D eigenvalue weighted by Crippen LogP contribution is 2.49. The van der Waals surface area contributed by atoms with E-state index in [0.29, 0.717) is 23.0 Å². The number of esters is 1. The molecule has 0 aliphatic heterocycles. The molecular formula is C27H34N2O5S. The molecule has 35 heavy (non-hydrogen) atoms. The van der Waals surface area contributed by atoms with Crippen molar-refractivity contribution >= 4 is 27.6 Å². The Bertz CT molecular complexity index is 1220. The van der Waals surface area contributed by atoms with Crippen molar-refractivity contribution in [3.63, 3.8) is 0 Å². The monoisotopic (exact) mass is 498 g/mol. The maximum absolute atomic E-state index is 13.2. The smallest absolute Gasteiger partial charge is 0.340 e. The normalized spacial score (nSPS) is 22.0. The second-order valence-electron chi connectivity index (χ2n) is 10.1. The standard InChI is InChI=1S/C27H34N2O5S/c1-16-11-17(2)26(18(3)12-16)35(32,33)29-24-8-6-5-7-22(24)27(31)34-15-25(30)28-19(4)23-14-20-9-10-21(23)13-20/h5-8,11-12,19-21,23,29H,9-10,13-15H2,1-4H3,(H,28,30). The van der Waals surface area contributed by atoms with E-state index in [-0.39, 0.29) is 28.1 Å². The van der Waals surface area contributed by atoms with Gasteiger partial charge in [-0.1, -0.05) is 36.2 Å². The molecule has 0 spiro atoms. The molecule has 2 bridgehead atoms. The van der Waals surface area contributed by atoms with Crippen LogP contribution >= 0.6 is 0 Å². The number of benzene rings is 2. The van der Waals surface area contributed by atoms with Crippen LogP contribution in [-0.2, 0) is 19.6 Å². The minimum absolute atomic E-state index is 0.0385. The summed E-state index contributed by atoms with van der Waals surface area (Å²) in [6.07, 6.45) is 4.94. The lowest BCUT2D eigenvalue weighted by Crippen LogP contribution is -2.42. The fourth-order valence-corrected chi connectivity index (χ4v) is 7.59. The summed E-state index contributed by atoms with van der Waals surface area (Å²) in [5, 5.41) is 2.98. The Morgan fingerprint density at radius 1 is 1.06 bits per heavy atom. The van der Waals surface area contributed by atoms with Crippen molar-refractivity contribution in [2.75, 3.05) is 11.3 Å². The molecule has 2 N–H and O–H groups in total. The van der Waals surface area contributed by atoms with Crippen molar-refractivity contribution in [1.82, 2.24) is 5.32 Å². The van der Waals surface area contributed by atoms with Gasteiger partial charge in [0.15, 0.2) is 6.61 Å². The van der Waals surface area contributed by atoms with Gasteiger partial charge in [-0.3, -0.25) is 9.52 Å². The first kappa shape index (κ1) is 25.2. The van der Waals surface area contributed by atoms with E-state index in [4.69, 9.17) is 4.74 Å². The molecule has 1 amide bonds. The van der Waals surface area contributed by atoms with Crippen LogP contribution in [0.1, 0.15) is 59.7 Å². The average Bonchev–Trinajstić information content (AvgIpc) is 3.40. The van der Waals surface area contributed by atoms with Crippen LogP contribution < -0.4 is 10.0 Å². The molecule has 7 nitrogen and oxygen atoms in total. The Kier molecular flexibility index (Phi) is 7.22. The molecular weight excluding hydrogens is 464 g/mol. The molecule has 2 aromatic carbocycles. The number of amides is 1. The highest BCUT2D eigenvalue weighted by Gasteiger charge is 2.42. The number of rotatable bonds is 8. The lowest BCUT2D eigenvalue weighted by Gasteiger charge is -2.28. The first-order valence-corrected chi connectivity index (χ1v) is 13.7. The number of anilines is 1. The molecule has 2 saturated carbocycles. The summed E-state index contributed by atoms with van der Waals surface area (Å²) in [5.41, 5.74) is 2.36. The first-order valence-electron chi connectivity index (χ1n) is 12.2. The van der Waals surface area contributed by atoms with Crippen LogP contribution in [0.3, 0.4) is 0 Å². The Balaban J connectivity index is 1.40. The summed E-state index contributed by atoms with van der Waals surface area (Å²) < 4.78 is 34.1. The van der Waals surface area contributed by atoms with Crippen LogP contribution in [0.4, 0.5) is 5.69 Å². The number of hydrogen-bond donors (Lipinski definition) is 2. The molecule has 0 radical (unpaired) electrons. The van der Waals surface area contributed by atoms with Gasteiger partial charge in [0.25, 0.3) is 15.9 Å². The van der Waals surface area contributed by atoms with Crippen LogP contribution in [0, 0.1) is 38.5 Å². The quantitative estimate of drug-likeness (QED) is 0.522. The molecule has 0 heterocycles. The molecule has 188 valence electrons. The zero-order valence-corrected chi connectivity index (χ0v) is 21.6. The number of nitrogens with one attached hydrogen (secondary N) is 2. The van der Waals surface area contributed by atoms with Crippen molar-refractivity contribution in [1.29, 1.82) is 0 Å². The van der Waals surface area contributed by atoms with Crippen molar-refractivity contribution in [3.8, 4) is 0 Å². The number of para-hydroxylation sites is 1. The molecule has 8 heteroatoms. The van der Waals surface area contributed by atoms with Gasteiger partial charge in [-0.2, -0.15) is 0 Å². The lowest BCUT2D eigenvalue weighted by atomic mass is 9.84. The lowest BCUT2D eigenvalue weighted by molar-refractivity contribution is -0.125. The van der Waals surface area contributed by atoms with E-state index in [2.05, 4.69) is 10.0 Å². The zero-order chi connectivity index (χ0) is 25.3. The summed E-state index contributed by atoms with van der Waals surface area (Å²) in [4.78, 5) is 25.4. The number of ether oxygens (including phenoxy) is 1. The van der Waals surface area contributed by atoms with E-state index in [1.54, 1.807) is 38.1 Å². The molecule has 2 fully saturated rings. The summed E-state index contributed by atoms with van der Waals surface area (Å²) in [6, 6.07) is 9.88. The van der Waals surface area contributed by atoms with Gasteiger partial charge >= 0.3 is 5.97 Å². The highest BCUT2D eigenvalue weighted by molar-refractivity contribution is 7.92. The van der Waals surface area contributed by atoms with E-state index < -0.39 is 22.6 Å². The molecule has 4 rings (SSSR count). The number of aryl methyl sites for hydroxylation is 3. The molecule has 0 saturated heterocycles. The van der Waals surface area contributed by atoms with Crippen molar-refractivity contribution < 1.29 is 22.7 Å². The van der Waals surface area contributed by atoms with Crippen LogP contribution in [0.2, 0.25) is 0 Å². The van der Waals surface area contributed by atoms with E-state index >= 15 is 0 Å². The third-order valence-electron chi connectivity index (χ3n) is 7.42. The Hall–Kier alpha value is -2.87. The molecule has 0 aromatic heterocycles. The van der Waals surface area contributed by atoms with E-state index in [1.165, 1.54) is 31.4 Å². The Morgan fingerprint density at radius 3 is 2.37 bits per heavy atom. The van der Waals surface area contributed by atoms with Crippen molar-refractivity contribution in [3.05, 3.63) is 58.7 Å². The van der Waals surface area contributed by atoms with Gasteiger partial charge in [-0.25, -0.2) is 13.2 Å². The second-order valence-corrected chi connectivity index (χ2v) is 11.8. The Labute approximate surface area is 207 Å². The Morgan fingerprint density at radius 2 is 1.74 bits per heavy atom. The molecule has 4 atom stereocenters. The largest absolute Gasteiger partial charge is 0.452 e. The predicted molar refractivity (Wildman–Crippen MR) is 135 cm³/mol. The number of carbonyl (C=O) groups excluding carboxylic acids is 2. The number of hydrogen-bond acceptors (Lipinski definition) is 5. The average molecular weight is 499 g/mol. The maximum atomic E-state index is 13.2. The number of fused-ring (bicyclic) bond motifs is 2. The fourth-order valence-electron chi connectivity index (χ4n) is 6.05. The summed E-state index contributed by atoms with van der Waals surface area (Å²) in [6.45, 7) is 6.99. The van der Waals surface area contributed by atoms with Crippen molar-refractivity contribution in [2.45, 2.75) is 64.3 Å². The van der Waals surface area contributed by atoms with E-state index in [9.17, 15) is 18.0 Å². The topological polar surface area (TPSA) is 102 Å². The number of sulfonamides is 1. The van der Waals surface area contributed by atoms with E-state index in [0.717, 1.165) is 17.9 Å². The van der Waals surface area contributed by atoms with Crippen LogP contribution in [-0.4, -0.2) is 32.9 Å². The van der Waals surface area contributed by atoms with Crippen LogP contribution in [0.5, 0.6) is 0 Å². The van der Waals surface area contributed by atoms with Gasteiger partial charge in [0.05, 0.1) is 16.1 Å². The summed E-state index contributed by atoms with van der Waals surface area (Å²) in [7, 11) is -3.95. The SMILES string of the molecule is Cc1cc(C)c(S(=O)(=O)Nc2ccccc2C(=O)OCC(=O)NC(C)C2CC3CCC2C3)c(C)c1. The minimum Gasteiger partial charge on any atom is -0.452 e. The van der Waals surface area contributed by atoms with E-state index in [1.807, 2.05) is 13.8 Å². The van der Waals surface area contributed by atoms with Gasteiger partial charge in [0.2, 0.25) is 0 Å². The van der Waals surface area contributed by atoms with Gasteiger partial charge in [-0.15, -0.1) is 0 Å². The maximum Gasteiger partial charge on any atom is 0.340 e. The minimum atomic E-state index is -3.95. The highest BCUT2D eigenvalue weighted by atomic mass is 32.2. The van der Waals surface area contributed by atoms with Gasteiger partial charge < -0.3 is 10.1 Å². The third kappa shape index (κ3) is 5.53. The number of carbonyl (C=O) groups is 2. The van der Waals surface area contributed by atoms with Gasteiger partial charge in [-0.05, 0) is 88.0 Å². The molecule has 4 unspecified atom stereocenters. The summed E-state index contributed by atoms with van der Waals surface area (Å²) in [5.74, 6) is 0.840. The predicted octanol–water partition coefficient (Wildman–Crippen LogP) is 4.51. The summed E-state index contributed by atoms with van der Waals surface area (Å²) >= 11 is 0. The first-order chi connectivity index (χ1) is 16.5. The zero-order valence-electron chi connectivity index (χ0n) is 20.8.